The summed E-state index contributed by atoms with van der Waals surface area (Å²) in [6.45, 7) is 3.47. The van der Waals surface area contributed by atoms with E-state index in [-0.39, 0.29) is 25.3 Å². The van der Waals surface area contributed by atoms with Crippen LogP contribution in [0.4, 0.5) is 9.59 Å². The summed E-state index contributed by atoms with van der Waals surface area (Å²) in [4.78, 5) is 49.2. The first-order valence-electron chi connectivity index (χ1n) is 12.9. The summed E-state index contributed by atoms with van der Waals surface area (Å²) in [6.07, 6.45) is 1.90. The minimum atomic E-state index is -0.810. The highest BCUT2D eigenvalue weighted by Crippen LogP contribution is 2.20. The summed E-state index contributed by atoms with van der Waals surface area (Å²) in [5, 5.41) is 11.1. The molecule has 4 amide bonds. The fourth-order valence-corrected chi connectivity index (χ4v) is 4.26. The molecule has 0 spiro atoms. The van der Waals surface area contributed by atoms with Gasteiger partial charge in [-0.1, -0.05) is 73.5 Å². The summed E-state index contributed by atoms with van der Waals surface area (Å²) < 4.78 is 10.2. The summed E-state index contributed by atoms with van der Waals surface area (Å²) in [5.41, 5.74) is 1.64. The number of benzene rings is 2. The summed E-state index contributed by atoms with van der Waals surface area (Å²) >= 11 is 0. The van der Waals surface area contributed by atoms with E-state index >= 15 is 0 Å². The molecule has 0 radical (unpaired) electrons. The molecule has 10 nitrogen and oxygen atoms in total. The Hall–Kier alpha value is -3.76. The second-order valence-corrected chi connectivity index (χ2v) is 9.38. The van der Waals surface area contributed by atoms with Gasteiger partial charge in [-0.15, -0.1) is 0 Å². The number of rotatable bonds is 10. The second kappa shape index (κ2) is 14.8. The summed E-state index contributed by atoms with van der Waals surface area (Å²) in [6, 6.07) is 16.8. The SMILES string of the molecule is C[C@H](N[C@@H]1CCCC[C@H]1N[C@@H](C)C(=O)NC(=O)OCc1ccccc1)C(=O)NC(=O)OCc1ccccc1. The van der Waals surface area contributed by atoms with Crippen molar-refractivity contribution in [2.45, 2.75) is 76.9 Å². The number of alkyl carbamates (subject to hydrolysis) is 2. The molecule has 2 aromatic carbocycles. The predicted molar refractivity (Wildman–Crippen MR) is 141 cm³/mol. The van der Waals surface area contributed by atoms with E-state index in [4.69, 9.17) is 9.47 Å². The number of hydrogen-bond acceptors (Lipinski definition) is 8. The third-order valence-corrected chi connectivity index (χ3v) is 6.36. The molecule has 1 aliphatic carbocycles. The summed E-state index contributed by atoms with van der Waals surface area (Å²) in [7, 11) is 0. The number of nitrogens with one attached hydrogen (secondary N) is 4. The molecule has 0 aliphatic heterocycles. The largest absolute Gasteiger partial charge is 0.444 e. The first-order chi connectivity index (χ1) is 18.3. The molecule has 0 saturated heterocycles. The highest BCUT2D eigenvalue weighted by Gasteiger charge is 2.31. The van der Waals surface area contributed by atoms with Crippen molar-refractivity contribution in [2.24, 2.45) is 0 Å². The van der Waals surface area contributed by atoms with Crippen LogP contribution in [-0.4, -0.2) is 48.2 Å². The van der Waals surface area contributed by atoms with E-state index in [1.807, 2.05) is 60.7 Å². The molecule has 10 heteroatoms. The minimum Gasteiger partial charge on any atom is -0.444 e. The quantitative estimate of drug-likeness (QED) is 0.372. The van der Waals surface area contributed by atoms with Crippen molar-refractivity contribution in [3.8, 4) is 0 Å². The van der Waals surface area contributed by atoms with E-state index < -0.39 is 36.1 Å². The topological polar surface area (TPSA) is 135 Å². The maximum absolute atomic E-state index is 12.6. The van der Waals surface area contributed by atoms with Gasteiger partial charge in [0.05, 0.1) is 12.1 Å². The molecule has 1 aliphatic rings. The fraction of sp³-hybridized carbons (Fsp3) is 0.429. The lowest BCUT2D eigenvalue weighted by atomic mass is 9.89. The molecular formula is C28H36N4O6. The fourth-order valence-electron chi connectivity index (χ4n) is 4.26. The van der Waals surface area contributed by atoms with E-state index in [0.717, 1.165) is 36.8 Å². The monoisotopic (exact) mass is 524 g/mol. The summed E-state index contributed by atoms with van der Waals surface area (Å²) in [5.74, 6) is -1.00. The van der Waals surface area contributed by atoms with Crippen LogP contribution >= 0.6 is 0 Å². The molecule has 2 aromatic rings. The molecule has 3 rings (SSSR count). The van der Waals surface area contributed by atoms with Crippen LogP contribution in [0.5, 0.6) is 0 Å². The first kappa shape index (κ1) is 28.8. The molecule has 0 unspecified atom stereocenters. The Morgan fingerprint density at radius 2 is 1.05 bits per heavy atom. The molecule has 4 atom stereocenters. The van der Waals surface area contributed by atoms with Gasteiger partial charge >= 0.3 is 12.2 Å². The Morgan fingerprint density at radius 3 is 1.42 bits per heavy atom. The van der Waals surface area contributed by atoms with E-state index in [2.05, 4.69) is 21.3 Å². The lowest BCUT2D eigenvalue weighted by Gasteiger charge is -2.36. The Bertz CT molecular complexity index is 980. The van der Waals surface area contributed by atoms with Crippen LogP contribution in [0, 0.1) is 0 Å². The van der Waals surface area contributed by atoms with Gasteiger partial charge in [-0.25, -0.2) is 9.59 Å². The van der Waals surface area contributed by atoms with Crippen molar-refractivity contribution in [1.82, 2.24) is 21.3 Å². The highest BCUT2D eigenvalue weighted by molar-refractivity contribution is 5.95. The van der Waals surface area contributed by atoms with Crippen molar-refractivity contribution in [2.75, 3.05) is 0 Å². The molecule has 204 valence electrons. The van der Waals surface area contributed by atoms with Gasteiger partial charge in [0.2, 0.25) is 11.8 Å². The van der Waals surface area contributed by atoms with Crippen LogP contribution in [0.25, 0.3) is 0 Å². The van der Waals surface area contributed by atoms with Crippen molar-refractivity contribution < 1.29 is 28.7 Å². The zero-order valence-electron chi connectivity index (χ0n) is 21.8. The molecule has 0 bridgehead atoms. The lowest BCUT2D eigenvalue weighted by Crippen LogP contribution is -2.59. The zero-order chi connectivity index (χ0) is 27.3. The number of imide groups is 2. The molecule has 4 N–H and O–H groups in total. The van der Waals surface area contributed by atoms with E-state index in [1.54, 1.807) is 13.8 Å². The molecular weight excluding hydrogens is 488 g/mol. The third-order valence-electron chi connectivity index (χ3n) is 6.36. The van der Waals surface area contributed by atoms with E-state index in [9.17, 15) is 19.2 Å². The van der Waals surface area contributed by atoms with Crippen LogP contribution in [0.2, 0.25) is 0 Å². The van der Waals surface area contributed by atoms with Gasteiger partial charge in [0.1, 0.15) is 13.2 Å². The van der Waals surface area contributed by atoms with E-state index in [1.165, 1.54) is 0 Å². The van der Waals surface area contributed by atoms with Crippen LogP contribution in [0.15, 0.2) is 60.7 Å². The Morgan fingerprint density at radius 1 is 0.684 bits per heavy atom. The van der Waals surface area contributed by atoms with Gasteiger partial charge < -0.3 is 20.1 Å². The lowest BCUT2D eigenvalue weighted by molar-refractivity contribution is -0.123. The number of amides is 4. The minimum absolute atomic E-state index is 0.0656. The standard InChI is InChI=1S/C28H36N4O6/c1-19(25(33)31-27(35)37-17-21-11-5-3-6-12-21)29-23-15-9-10-16-24(23)30-20(2)26(34)32-28(36)38-18-22-13-7-4-8-14-22/h3-8,11-14,19-20,23-24,29-30H,9-10,15-18H2,1-2H3,(H,31,33,35)(H,32,34,36)/t19-,20-,23+,24+/m0/s1. The third kappa shape index (κ3) is 9.60. The van der Waals surface area contributed by atoms with Gasteiger partial charge in [0.25, 0.3) is 0 Å². The Balaban J connectivity index is 1.42. The van der Waals surface area contributed by atoms with Gasteiger partial charge in [-0.2, -0.15) is 0 Å². The number of ether oxygens (including phenoxy) is 2. The highest BCUT2D eigenvalue weighted by atomic mass is 16.6. The van der Waals surface area contributed by atoms with Crippen molar-refractivity contribution in [3.05, 3.63) is 71.8 Å². The van der Waals surface area contributed by atoms with Gasteiger partial charge in [0.15, 0.2) is 0 Å². The van der Waals surface area contributed by atoms with Crippen LogP contribution in [-0.2, 0) is 32.3 Å². The molecule has 38 heavy (non-hydrogen) atoms. The van der Waals surface area contributed by atoms with Gasteiger partial charge in [-0.3, -0.25) is 20.2 Å². The van der Waals surface area contributed by atoms with Gasteiger partial charge in [0, 0.05) is 12.1 Å². The molecule has 0 aromatic heterocycles. The van der Waals surface area contributed by atoms with Crippen molar-refractivity contribution in [3.63, 3.8) is 0 Å². The number of hydrogen-bond donors (Lipinski definition) is 4. The van der Waals surface area contributed by atoms with Crippen molar-refractivity contribution >= 4 is 24.0 Å². The normalized spacial score (nSPS) is 18.5. The average molecular weight is 525 g/mol. The Labute approximate surface area is 222 Å². The average Bonchev–Trinajstić information content (AvgIpc) is 2.92. The first-order valence-corrected chi connectivity index (χ1v) is 12.9. The maximum Gasteiger partial charge on any atom is 0.414 e. The second-order valence-electron chi connectivity index (χ2n) is 9.38. The molecule has 0 heterocycles. The molecule has 1 fully saturated rings. The Kier molecular flexibility index (Phi) is 11.3. The smallest absolute Gasteiger partial charge is 0.414 e. The number of carbonyl (C=O) groups excluding carboxylic acids is 4. The maximum atomic E-state index is 12.6. The van der Waals surface area contributed by atoms with Gasteiger partial charge in [-0.05, 0) is 37.8 Å². The predicted octanol–water partition coefficient (Wildman–Crippen LogP) is 3.16. The van der Waals surface area contributed by atoms with Crippen LogP contribution in [0.1, 0.15) is 50.7 Å². The molecule has 1 saturated carbocycles. The van der Waals surface area contributed by atoms with Crippen molar-refractivity contribution in [1.29, 1.82) is 0 Å². The number of carbonyl (C=O) groups is 4. The van der Waals surface area contributed by atoms with Crippen LogP contribution < -0.4 is 21.3 Å². The van der Waals surface area contributed by atoms with E-state index in [0.29, 0.717) is 0 Å². The van der Waals surface area contributed by atoms with Crippen LogP contribution in [0.3, 0.4) is 0 Å². The zero-order valence-corrected chi connectivity index (χ0v) is 21.8.